The molecule has 0 saturated heterocycles. The summed E-state index contributed by atoms with van der Waals surface area (Å²) in [7, 11) is 0. The maximum atomic E-state index is 11.1. The first-order valence-electron chi connectivity index (χ1n) is 3.86. The third-order valence-electron chi connectivity index (χ3n) is 1.34. The van der Waals surface area contributed by atoms with Crippen LogP contribution in [0.3, 0.4) is 0 Å². The molecule has 14 heavy (non-hydrogen) atoms. The van der Waals surface area contributed by atoms with Crippen molar-refractivity contribution in [2.75, 3.05) is 5.32 Å². The second-order valence-electron chi connectivity index (χ2n) is 2.58. The van der Waals surface area contributed by atoms with Gasteiger partial charge in [0.2, 0.25) is 11.9 Å². The monoisotopic (exact) mass is 209 g/mol. The highest BCUT2D eigenvalue weighted by Crippen LogP contribution is 2.09. The Balaban J connectivity index is 2.77. The number of rotatable bonds is 2. The summed E-state index contributed by atoms with van der Waals surface area (Å²) in [6, 6.07) is 1.60. The fraction of sp³-hybridized carbons (Fsp3) is 0.222. The first kappa shape index (κ1) is 10.5. The van der Waals surface area contributed by atoms with E-state index in [-0.39, 0.29) is 23.4 Å². The Bertz CT molecular complexity index is 377. The Hall–Kier alpha value is -1.60. The molecule has 0 spiro atoms. The second-order valence-corrected chi connectivity index (χ2v) is 2.97. The first-order valence-corrected chi connectivity index (χ1v) is 4.24. The average Bonchev–Trinajstić information content (AvgIpc) is 2.01. The number of anilines is 1. The Morgan fingerprint density at radius 1 is 1.71 bits per heavy atom. The van der Waals surface area contributed by atoms with E-state index >= 15 is 0 Å². The Kier molecular flexibility index (Phi) is 3.43. The van der Waals surface area contributed by atoms with Crippen LogP contribution in [0.15, 0.2) is 6.07 Å². The summed E-state index contributed by atoms with van der Waals surface area (Å²) in [5.74, 6) is 2.07. The summed E-state index contributed by atoms with van der Waals surface area (Å²) in [6.45, 7) is 1.75. The molecule has 1 N–H and O–H groups in total. The van der Waals surface area contributed by atoms with E-state index in [0.717, 1.165) is 0 Å². The zero-order chi connectivity index (χ0) is 10.6. The van der Waals surface area contributed by atoms with Gasteiger partial charge in [0.05, 0.1) is 6.42 Å². The zero-order valence-corrected chi connectivity index (χ0v) is 8.30. The minimum Gasteiger partial charge on any atom is -0.294 e. The number of hydrogen-bond donors (Lipinski definition) is 1. The number of aryl methyl sites for hydroxylation is 1. The lowest BCUT2D eigenvalue weighted by atomic mass is 10.4. The smallest absolute Gasteiger partial charge is 0.238 e. The number of terminal acetylenes is 1. The Morgan fingerprint density at radius 2 is 2.43 bits per heavy atom. The Morgan fingerprint density at radius 3 is 3.00 bits per heavy atom. The maximum Gasteiger partial charge on any atom is 0.238 e. The van der Waals surface area contributed by atoms with Crippen molar-refractivity contribution in [2.45, 2.75) is 13.3 Å². The van der Waals surface area contributed by atoms with E-state index in [4.69, 9.17) is 18.0 Å². The van der Waals surface area contributed by atoms with E-state index in [2.05, 4.69) is 21.2 Å². The van der Waals surface area contributed by atoms with Gasteiger partial charge in [0.25, 0.3) is 0 Å². The molecule has 1 aromatic rings. The van der Waals surface area contributed by atoms with Gasteiger partial charge in [0, 0.05) is 5.69 Å². The van der Waals surface area contributed by atoms with Crippen molar-refractivity contribution in [2.24, 2.45) is 0 Å². The number of carbonyl (C=O) groups is 1. The normalized spacial score (nSPS) is 9.21. The second kappa shape index (κ2) is 4.58. The van der Waals surface area contributed by atoms with Gasteiger partial charge in [-0.05, 0) is 13.0 Å². The molecular weight excluding hydrogens is 202 g/mol. The van der Waals surface area contributed by atoms with Crippen LogP contribution in [0.2, 0.25) is 5.15 Å². The number of nitrogens with one attached hydrogen (secondary N) is 1. The molecule has 0 radical (unpaired) electrons. The SMILES string of the molecule is C#CCC(=O)Nc1nc(C)cc(Cl)n1. The van der Waals surface area contributed by atoms with Crippen molar-refractivity contribution in [3.63, 3.8) is 0 Å². The number of nitrogens with zero attached hydrogens (tertiary/aromatic N) is 2. The molecule has 0 bridgehead atoms. The van der Waals surface area contributed by atoms with Gasteiger partial charge < -0.3 is 0 Å². The maximum absolute atomic E-state index is 11.1. The largest absolute Gasteiger partial charge is 0.294 e. The van der Waals surface area contributed by atoms with Crippen LogP contribution in [0.25, 0.3) is 0 Å². The van der Waals surface area contributed by atoms with Gasteiger partial charge in [-0.15, -0.1) is 6.42 Å². The van der Waals surface area contributed by atoms with Crippen LogP contribution in [0.4, 0.5) is 5.95 Å². The van der Waals surface area contributed by atoms with Crippen LogP contribution in [0.1, 0.15) is 12.1 Å². The van der Waals surface area contributed by atoms with Gasteiger partial charge >= 0.3 is 0 Å². The van der Waals surface area contributed by atoms with Crippen LogP contribution in [0, 0.1) is 19.3 Å². The van der Waals surface area contributed by atoms with Crippen molar-refractivity contribution >= 4 is 23.5 Å². The molecular formula is C9H8ClN3O. The molecule has 5 heteroatoms. The van der Waals surface area contributed by atoms with Crippen LogP contribution in [-0.4, -0.2) is 15.9 Å². The fourth-order valence-electron chi connectivity index (χ4n) is 0.848. The molecule has 0 aliphatic heterocycles. The lowest BCUT2D eigenvalue weighted by molar-refractivity contribution is -0.115. The predicted molar refractivity (Wildman–Crippen MR) is 53.9 cm³/mol. The van der Waals surface area contributed by atoms with Crippen LogP contribution in [-0.2, 0) is 4.79 Å². The zero-order valence-electron chi connectivity index (χ0n) is 7.54. The van der Waals surface area contributed by atoms with Gasteiger partial charge in [-0.3, -0.25) is 10.1 Å². The van der Waals surface area contributed by atoms with Gasteiger partial charge in [0.1, 0.15) is 5.15 Å². The molecule has 0 aliphatic rings. The molecule has 0 aromatic carbocycles. The van der Waals surface area contributed by atoms with E-state index in [1.807, 2.05) is 0 Å². The number of carbonyl (C=O) groups excluding carboxylic acids is 1. The van der Waals surface area contributed by atoms with E-state index in [9.17, 15) is 4.79 Å². The highest BCUT2D eigenvalue weighted by atomic mass is 35.5. The standard InChI is InChI=1S/C9H8ClN3O/c1-3-4-8(14)13-9-11-6(2)5-7(10)12-9/h1,5H,4H2,2H3,(H,11,12,13,14). The van der Waals surface area contributed by atoms with E-state index in [1.165, 1.54) is 0 Å². The predicted octanol–water partition coefficient (Wildman–Crippen LogP) is 1.40. The van der Waals surface area contributed by atoms with E-state index in [0.29, 0.717) is 5.69 Å². The molecule has 0 fully saturated rings. The lowest BCUT2D eigenvalue weighted by Crippen LogP contribution is -2.13. The van der Waals surface area contributed by atoms with Crippen molar-refractivity contribution < 1.29 is 4.79 Å². The summed E-state index contributed by atoms with van der Waals surface area (Å²) >= 11 is 5.67. The molecule has 1 rings (SSSR count). The van der Waals surface area contributed by atoms with E-state index < -0.39 is 0 Å². The van der Waals surface area contributed by atoms with Gasteiger partial charge in [-0.2, -0.15) is 0 Å². The van der Waals surface area contributed by atoms with Gasteiger partial charge in [-0.25, -0.2) is 9.97 Å². The lowest BCUT2D eigenvalue weighted by Gasteiger charge is -2.02. The number of amides is 1. The quantitative estimate of drug-likeness (QED) is 0.592. The number of halogens is 1. The molecule has 0 saturated carbocycles. The summed E-state index contributed by atoms with van der Waals surface area (Å²) in [5.41, 5.74) is 0.681. The number of aromatic nitrogens is 2. The summed E-state index contributed by atoms with van der Waals surface area (Å²) in [5, 5.41) is 2.72. The van der Waals surface area contributed by atoms with Crippen LogP contribution >= 0.6 is 11.6 Å². The molecule has 72 valence electrons. The molecule has 0 aliphatic carbocycles. The number of hydrogen-bond acceptors (Lipinski definition) is 3. The van der Waals surface area contributed by atoms with Crippen molar-refractivity contribution in [1.29, 1.82) is 0 Å². The highest BCUT2D eigenvalue weighted by Gasteiger charge is 2.04. The topological polar surface area (TPSA) is 54.9 Å². The third-order valence-corrected chi connectivity index (χ3v) is 1.53. The average molecular weight is 210 g/mol. The summed E-state index contributed by atoms with van der Waals surface area (Å²) in [6.07, 6.45) is 4.96. The van der Waals surface area contributed by atoms with Crippen LogP contribution < -0.4 is 5.32 Å². The molecule has 1 aromatic heterocycles. The third kappa shape index (κ3) is 3.04. The van der Waals surface area contributed by atoms with Crippen molar-refractivity contribution in [3.05, 3.63) is 16.9 Å². The fourth-order valence-corrected chi connectivity index (χ4v) is 1.09. The highest BCUT2D eigenvalue weighted by molar-refractivity contribution is 6.29. The summed E-state index contributed by atoms with van der Waals surface area (Å²) < 4.78 is 0. The van der Waals surface area contributed by atoms with Crippen LogP contribution in [0.5, 0.6) is 0 Å². The minimum absolute atomic E-state index is 0.00504. The molecule has 1 heterocycles. The van der Waals surface area contributed by atoms with Gasteiger partial charge in [0.15, 0.2) is 0 Å². The minimum atomic E-state index is -0.325. The van der Waals surface area contributed by atoms with Crippen molar-refractivity contribution in [1.82, 2.24) is 9.97 Å². The first-order chi connectivity index (χ1) is 6.61. The molecule has 0 atom stereocenters. The Labute approximate surface area is 86.7 Å². The summed E-state index contributed by atoms with van der Waals surface area (Å²) in [4.78, 5) is 18.8. The van der Waals surface area contributed by atoms with E-state index in [1.54, 1.807) is 13.0 Å². The molecule has 1 amide bonds. The molecule has 4 nitrogen and oxygen atoms in total. The molecule has 0 unspecified atom stereocenters. The van der Waals surface area contributed by atoms with Gasteiger partial charge in [-0.1, -0.05) is 17.5 Å². The van der Waals surface area contributed by atoms with Crippen molar-refractivity contribution in [3.8, 4) is 12.3 Å².